The molecule has 0 bridgehead atoms. The smallest absolute Gasteiger partial charge is 0.229 e. The average molecular weight is 429 g/mol. The van der Waals surface area contributed by atoms with Gasteiger partial charge < -0.3 is 20.7 Å². The lowest BCUT2D eigenvalue weighted by Crippen LogP contribution is -2.37. The number of carbonyl (C=O) groups excluding carboxylic acids is 1. The number of nitrogens with zero attached hydrogens (tertiary/aromatic N) is 1. The fraction of sp³-hybridized carbons (Fsp3) is 0.478. The van der Waals surface area contributed by atoms with Crippen LogP contribution in [0.4, 0.5) is 11.5 Å². The number of rotatable bonds is 6. The van der Waals surface area contributed by atoms with Crippen molar-refractivity contribution >= 4 is 29.0 Å². The molecule has 0 radical (unpaired) electrons. The van der Waals surface area contributed by atoms with Gasteiger partial charge in [0.25, 0.3) is 0 Å². The van der Waals surface area contributed by atoms with Crippen LogP contribution in [0.2, 0.25) is 5.02 Å². The molecule has 0 unspecified atom stereocenters. The molecule has 0 spiro atoms. The van der Waals surface area contributed by atoms with Crippen molar-refractivity contribution in [2.24, 2.45) is 11.8 Å². The maximum absolute atomic E-state index is 12.5. The zero-order chi connectivity index (χ0) is 20.8. The van der Waals surface area contributed by atoms with E-state index in [9.17, 15) is 4.79 Å². The van der Waals surface area contributed by atoms with E-state index in [2.05, 4.69) is 27.0 Å². The van der Waals surface area contributed by atoms with Crippen molar-refractivity contribution in [1.29, 1.82) is 0 Å². The first kappa shape index (κ1) is 21.1. The largest absolute Gasteiger partial charge is 0.385 e. The van der Waals surface area contributed by atoms with Crippen molar-refractivity contribution in [3.05, 3.63) is 41.6 Å². The van der Waals surface area contributed by atoms with Gasteiger partial charge in [0.05, 0.1) is 5.92 Å². The number of amides is 1. The zero-order valence-corrected chi connectivity index (χ0v) is 17.9. The topological polar surface area (TPSA) is 75.3 Å². The third kappa shape index (κ3) is 5.50. The van der Waals surface area contributed by atoms with Crippen LogP contribution in [0.5, 0.6) is 0 Å². The van der Waals surface area contributed by atoms with E-state index in [-0.39, 0.29) is 11.8 Å². The first-order chi connectivity index (χ1) is 14.7. The number of aromatic nitrogens is 1. The fourth-order valence-electron chi connectivity index (χ4n) is 4.04. The van der Waals surface area contributed by atoms with Gasteiger partial charge in [0.15, 0.2) is 0 Å². The second-order valence-corrected chi connectivity index (χ2v) is 8.50. The highest BCUT2D eigenvalue weighted by atomic mass is 35.5. The normalized spacial score (nSPS) is 20.0. The predicted octanol–water partition coefficient (Wildman–Crippen LogP) is 4.18. The summed E-state index contributed by atoms with van der Waals surface area (Å²) in [4.78, 5) is 16.9. The number of nitrogens with one attached hydrogen (secondary N) is 3. The minimum absolute atomic E-state index is 0.00879. The van der Waals surface area contributed by atoms with Gasteiger partial charge in [-0.1, -0.05) is 11.6 Å². The highest BCUT2D eigenvalue weighted by molar-refractivity contribution is 6.33. The van der Waals surface area contributed by atoms with E-state index in [4.69, 9.17) is 16.3 Å². The third-order valence-corrected chi connectivity index (χ3v) is 6.22. The van der Waals surface area contributed by atoms with Crippen molar-refractivity contribution in [3.8, 4) is 11.1 Å². The van der Waals surface area contributed by atoms with E-state index >= 15 is 0 Å². The molecule has 0 saturated carbocycles. The van der Waals surface area contributed by atoms with E-state index in [1.807, 2.05) is 24.3 Å². The monoisotopic (exact) mass is 428 g/mol. The second kappa shape index (κ2) is 10.2. The molecule has 2 saturated heterocycles. The number of piperidine rings is 1. The Hall–Kier alpha value is -2.15. The van der Waals surface area contributed by atoms with Gasteiger partial charge in [-0.2, -0.15) is 0 Å². The first-order valence-electron chi connectivity index (χ1n) is 10.8. The van der Waals surface area contributed by atoms with E-state index in [1.165, 1.54) is 0 Å². The van der Waals surface area contributed by atoms with Crippen molar-refractivity contribution in [2.45, 2.75) is 25.7 Å². The van der Waals surface area contributed by atoms with Gasteiger partial charge in [-0.15, -0.1) is 0 Å². The van der Waals surface area contributed by atoms with Gasteiger partial charge in [-0.3, -0.25) is 4.79 Å². The van der Waals surface area contributed by atoms with Gasteiger partial charge in [0.1, 0.15) is 5.82 Å². The number of hydrogen-bond acceptors (Lipinski definition) is 5. The summed E-state index contributed by atoms with van der Waals surface area (Å²) in [7, 11) is 0. The number of benzene rings is 1. The van der Waals surface area contributed by atoms with Crippen molar-refractivity contribution in [3.63, 3.8) is 0 Å². The molecule has 0 aliphatic carbocycles. The molecule has 2 fully saturated rings. The lowest BCUT2D eigenvalue weighted by Gasteiger charge is -2.23. The van der Waals surface area contributed by atoms with Gasteiger partial charge in [0, 0.05) is 48.8 Å². The zero-order valence-electron chi connectivity index (χ0n) is 17.1. The molecule has 1 amide bonds. The summed E-state index contributed by atoms with van der Waals surface area (Å²) in [5.41, 5.74) is 2.89. The Balaban J connectivity index is 1.44. The molecule has 7 heteroatoms. The van der Waals surface area contributed by atoms with Crippen molar-refractivity contribution in [2.75, 3.05) is 43.5 Å². The van der Waals surface area contributed by atoms with Gasteiger partial charge in [-0.05, 0) is 74.0 Å². The van der Waals surface area contributed by atoms with Gasteiger partial charge >= 0.3 is 0 Å². The molecular formula is C23H29ClN4O2. The quantitative estimate of drug-likeness (QED) is 0.643. The van der Waals surface area contributed by atoms with Crippen LogP contribution in [0.25, 0.3) is 11.1 Å². The molecule has 30 heavy (non-hydrogen) atoms. The van der Waals surface area contributed by atoms with E-state index < -0.39 is 0 Å². The fourth-order valence-corrected chi connectivity index (χ4v) is 4.27. The number of pyridine rings is 1. The van der Waals surface area contributed by atoms with Crippen LogP contribution in [0.1, 0.15) is 25.7 Å². The van der Waals surface area contributed by atoms with E-state index in [0.717, 1.165) is 75.3 Å². The van der Waals surface area contributed by atoms with Crippen LogP contribution in [-0.2, 0) is 9.53 Å². The average Bonchev–Trinajstić information content (AvgIpc) is 2.80. The van der Waals surface area contributed by atoms with E-state index in [1.54, 1.807) is 6.20 Å². The van der Waals surface area contributed by atoms with Crippen LogP contribution in [-0.4, -0.2) is 43.7 Å². The summed E-state index contributed by atoms with van der Waals surface area (Å²) in [6, 6.07) is 9.78. The van der Waals surface area contributed by atoms with E-state index in [0.29, 0.717) is 16.8 Å². The Kier molecular flexibility index (Phi) is 7.20. The minimum atomic E-state index is -0.00879. The summed E-state index contributed by atoms with van der Waals surface area (Å²) in [5.74, 6) is 1.20. The lowest BCUT2D eigenvalue weighted by atomic mass is 9.99. The Bertz CT molecular complexity index is 864. The Morgan fingerprint density at radius 1 is 1.20 bits per heavy atom. The number of ether oxygens (including phenoxy) is 1. The number of halogens is 1. The summed E-state index contributed by atoms with van der Waals surface area (Å²) in [6.07, 6.45) is 5.83. The van der Waals surface area contributed by atoms with Crippen LogP contribution in [0.15, 0.2) is 36.5 Å². The standard InChI is InChI=1S/C23H29ClN4O2/c24-21-4-3-19(27-14-16-6-10-30-11-7-16)13-20(21)17-5-9-26-22(12-17)28-23(29)18-2-1-8-25-15-18/h3-5,9,12-13,16,18,25,27H,1-2,6-8,10-11,14-15H2,(H,26,28,29)/t18-/m1/s1. The first-order valence-corrected chi connectivity index (χ1v) is 11.2. The van der Waals surface area contributed by atoms with Crippen LogP contribution in [0.3, 0.4) is 0 Å². The molecule has 6 nitrogen and oxygen atoms in total. The predicted molar refractivity (Wildman–Crippen MR) is 121 cm³/mol. The molecule has 1 aromatic heterocycles. The molecule has 1 aromatic carbocycles. The number of anilines is 2. The van der Waals surface area contributed by atoms with Crippen LogP contribution < -0.4 is 16.0 Å². The maximum Gasteiger partial charge on any atom is 0.229 e. The number of hydrogen-bond donors (Lipinski definition) is 3. The molecule has 4 rings (SSSR count). The van der Waals surface area contributed by atoms with Crippen molar-refractivity contribution < 1.29 is 9.53 Å². The van der Waals surface area contributed by atoms with Crippen molar-refractivity contribution in [1.82, 2.24) is 10.3 Å². The van der Waals surface area contributed by atoms with Crippen LogP contribution >= 0.6 is 11.6 Å². The van der Waals surface area contributed by atoms with Gasteiger partial charge in [-0.25, -0.2) is 4.98 Å². The molecular weight excluding hydrogens is 400 g/mol. The third-order valence-electron chi connectivity index (χ3n) is 5.89. The highest BCUT2D eigenvalue weighted by Gasteiger charge is 2.21. The lowest BCUT2D eigenvalue weighted by molar-refractivity contribution is -0.120. The molecule has 2 aliphatic heterocycles. The molecule has 2 aliphatic rings. The molecule has 3 N–H and O–H groups in total. The summed E-state index contributed by atoms with van der Waals surface area (Å²) < 4.78 is 5.44. The van der Waals surface area contributed by atoms with Crippen LogP contribution in [0, 0.1) is 11.8 Å². The highest BCUT2D eigenvalue weighted by Crippen LogP contribution is 2.32. The Morgan fingerprint density at radius 2 is 2.07 bits per heavy atom. The summed E-state index contributed by atoms with van der Waals surface area (Å²) in [5, 5.41) is 10.4. The molecule has 1 atom stereocenters. The maximum atomic E-state index is 12.5. The number of carbonyl (C=O) groups is 1. The molecule has 2 aromatic rings. The summed E-state index contributed by atoms with van der Waals surface area (Å²) in [6.45, 7) is 4.33. The Labute approximate surface area is 182 Å². The van der Waals surface area contributed by atoms with Gasteiger partial charge in [0.2, 0.25) is 5.91 Å². The summed E-state index contributed by atoms with van der Waals surface area (Å²) >= 11 is 6.50. The second-order valence-electron chi connectivity index (χ2n) is 8.09. The SMILES string of the molecule is O=C(Nc1cc(-c2cc(NCC3CCOCC3)ccc2Cl)ccn1)[C@@H]1CCCNC1. The Morgan fingerprint density at radius 3 is 2.87 bits per heavy atom. The molecule has 160 valence electrons. The minimum Gasteiger partial charge on any atom is -0.385 e. The molecule has 3 heterocycles.